The second-order valence-corrected chi connectivity index (χ2v) is 10.8. The SMILES string of the molecule is Cc1ccc(CN2CCN(C(=O)n3ccc(NS(C)(=O)=O)n3)CC2)c(N2CCN(C(N)=O)CC2)c1. The van der Waals surface area contributed by atoms with Crippen LogP contribution in [0.2, 0.25) is 0 Å². The number of rotatable bonds is 5. The van der Waals surface area contributed by atoms with Crippen molar-refractivity contribution in [2.24, 2.45) is 5.73 Å². The van der Waals surface area contributed by atoms with Crippen LogP contribution >= 0.6 is 0 Å². The summed E-state index contributed by atoms with van der Waals surface area (Å²) in [7, 11) is -3.46. The topological polar surface area (TPSA) is 137 Å². The van der Waals surface area contributed by atoms with Gasteiger partial charge in [0.2, 0.25) is 10.0 Å². The van der Waals surface area contributed by atoms with Crippen molar-refractivity contribution >= 4 is 33.6 Å². The highest BCUT2D eigenvalue weighted by molar-refractivity contribution is 7.92. The molecule has 2 saturated heterocycles. The van der Waals surface area contributed by atoms with E-state index in [0.717, 1.165) is 30.6 Å². The van der Waals surface area contributed by atoms with Gasteiger partial charge in [-0.2, -0.15) is 4.68 Å². The van der Waals surface area contributed by atoms with Crippen LogP contribution in [-0.4, -0.2) is 104 Å². The van der Waals surface area contributed by atoms with Crippen LogP contribution in [0, 0.1) is 6.92 Å². The molecule has 0 unspecified atom stereocenters. The summed E-state index contributed by atoms with van der Waals surface area (Å²) >= 11 is 0. The first-order valence-electron chi connectivity index (χ1n) is 11.5. The lowest BCUT2D eigenvalue weighted by molar-refractivity contribution is 0.134. The summed E-state index contributed by atoms with van der Waals surface area (Å²) < 4.78 is 26.2. The smallest absolute Gasteiger partial charge is 0.344 e. The lowest BCUT2D eigenvalue weighted by atomic mass is 10.1. The Balaban J connectivity index is 1.35. The van der Waals surface area contributed by atoms with Crippen molar-refractivity contribution < 1.29 is 18.0 Å². The molecule has 3 heterocycles. The lowest BCUT2D eigenvalue weighted by Crippen LogP contribution is -2.51. The maximum atomic E-state index is 12.8. The Morgan fingerprint density at radius 2 is 1.66 bits per heavy atom. The van der Waals surface area contributed by atoms with Gasteiger partial charge in [0.15, 0.2) is 5.82 Å². The number of primary amides is 1. The first-order valence-corrected chi connectivity index (χ1v) is 13.4. The number of aryl methyl sites for hydroxylation is 1. The Morgan fingerprint density at radius 1 is 1.00 bits per heavy atom. The van der Waals surface area contributed by atoms with Gasteiger partial charge in [0.05, 0.1) is 6.26 Å². The number of hydrogen-bond donors (Lipinski definition) is 2. The van der Waals surface area contributed by atoms with Gasteiger partial charge in [-0.25, -0.2) is 18.0 Å². The normalized spacial score (nSPS) is 17.5. The Hall–Kier alpha value is -3.32. The maximum absolute atomic E-state index is 12.8. The molecule has 1 aromatic heterocycles. The predicted molar refractivity (Wildman–Crippen MR) is 133 cm³/mol. The van der Waals surface area contributed by atoms with Crippen LogP contribution < -0.4 is 15.4 Å². The summed E-state index contributed by atoms with van der Waals surface area (Å²) in [5, 5.41) is 4.03. The molecule has 2 aliphatic rings. The molecular formula is C22H32N8O4S. The van der Waals surface area contributed by atoms with Crippen molar-refractivity contribution in [3.63, 3.8) is 0 Å². The zero-order chi connectivity index (χ0) is 25.2. The summed E-state index contributed by atoms with van der Waals surface area (Å²) in [4.78, 5) is 32.3. The fourth-order valence-electron chi connectivity index (χ4n) is 4.43. The van der Waals surface area contributed by atoms with Crippen molar-refractivity contribution in [1.82, 2.24) is 24.5 Å². The number of urea groups is 1. The molecule has 190 valence electrons. The number of nitrogens with two attached hydrogens (primary N) is 1. The number of hydrogen-bond acceptors (Lipinski definition) is 7. The second kappa shape index (κ2) is 10.1. The highest BCUT2D eigenvalue weighted by Gasteiger charge is 2.25. The number of amides is 3. The van der Waals surface area contributed by atoms with Crippen molar-refractivity contribution in [2.75, 3.05) is 68.2 Å². The van der Waals surface area contributed by atoms with E-state index in [9.17, 15) is 18.0 Å². The third-order valence-corrected chi connectivity index (χ3v) is 6.86. The molecule has 2 aromatic rings. The van der Waals surface area contributed by atoms with Gasteiger partial charge in [0, 0.05) is 76.9 Å². The van der Waals surface area contributed by atoms with E-state index in [0.29, 0.717) is 39.3 Å². The van der Waals surface area contributed by atoms with E-state index in [1.165, 1.54) is 29.1 Å². The van der Waals surface area contributed by atoms with Gasteiger partial charge in [-0.15, -0.1) is 5.10 Å². The second-order valence-electron chi connectivity index (χ2n) is 9.01. The van der Waals surface area contributed by atoms with E-state index in [1.807, 2.05) is 0 Å². The van der Waals surface area contributed by atoms with Crippen molar-refractivity contribution in [3.05, 3.63) is 41.6 Å². The van der Waals surface area contributed by atoms with Gasteiger partial charge >= 0.3 is 12.1 Å². The lowest BCUT2D eigenvalue weighted by Gasteiger charge is -2.38. The summed E-state index contributed by atoms with van der Waals surface area (Å²) in [6, 6.07) is 7.25. The third kappa shape index (κ3) is 6.22. The average Bonchev–Trinajstić information content (AvgIpc) is 3.27. The van der Waals surface area contributed by atoms with Gasteiger partial charge in [0.25, 0.3) is 0 Å². The molecule has 3 amide bonds. The third-order valence-electron chi connectivity index (χ3n) is 6.28. The number of aromatic nitrogens is 2. The Bertz CT molecular complexity index is 1180. The van der Waals surface area contributed by atoms with Crippen LogP contribution in [-0.2, 0) is 16.6 Å². The molecule has 0 radical (unpaired) electrons. The first kappa shape index (κ1) is 24.8. The molecule has 0 spiro atoms. The van der Waals surface area contributed by atoms with Crippen molar-refractivity contribution in [3.8, 4) is 0 Å². The number of sulfonamides is 1. The highest BCUT2D eigenvalue weighted by atomic mass is 32.2. The Kier molecular flexibility index (Phi) is 7.17. The molecule has 0 atom stereocenters. The van der Waals surface area contributed by atoms with Crippen LogP contribution in [0.15, 0.2) is 30.5 Å². The van der Waals surface area contributed by atoms with Crippen LogP contribution in [0.3, 0.4) is 0 Å². The summed E-state index contributed by atoms with van der Waals surface area (Å²) in [6.45, 7) is 8.05. The molecule has 35 heavy (non-hydrogen) atoms. The van der Waals surface area contributed by atoms with Crippen LogP contribution in [0.4, 0.5) is 21.1 Å². The number of nitrogens with one attached hydrogen (secondary N) is 1. The average molecular weight is 505 g/mol. The van der Waals surface area contributed by atoms with Gasteiger partial charge in [-0.1, -0.05) is 12.1 Å². The molecule has 3 N–H and O–H groups in total. The van der Waals surface area contributed by atoms with Crippen LogP contribution in [0.5, 0.6) is 0 Å². The van der Waals surface area contributed by atoms with Gasteiger partial charge in [0.1, 0.15) is 0 Å². The molecule has 13 heteroatoms. The molecule has 2 aliphatic heterocycles. The number of nitrogens with zero attached hydrogens (tertiary/aromatic N) is 6. The standard InChI is InChI=1S/C22H32N8O4S/c1-17-3-4-18(19(15-17)27-11-13-28(14-12-27)21(23)31)16-26-7-9-29(10-8-26)22(32)30-6-5-20(24-30)25-35(2,33)34/h3-6,15H,7-14,16H2,1-2H3,(H2,23,31)(H,24,25). The van der Waals surface area contributed by atoms with E-state index in [-0.39, 0.29) is 17.9 Å². The quantitative estimate of drug-likeness (QED) is 0.607. The zero-order valence-electron chi connectivity index (χ0n) is 20.1. The number of benzene rings is 1. The minimum atomic E-state index is -3.46. The minimum Gasteiger partial charge on any atom is -0.368 e. The van der Waals surface area contributed by atoms with Crippen LogP contribution in [0.1, 0.15) is 11.1 Å². The molecule has 0 saturated carbocycles. The number of anilines is 2. The molecule has 1 aromatic carbocycles. The van der Waals surface area contributed by atoms with Gasteiger partial charge < -0.3 is 20.4 Å². The predicted octanol–water partition coefficient (Wildman–Crippen LogP) is 0.550. The van der Waals surface area contributed by atoms with E-state index < -0.39 is 10.0 Å². The summed E-state index contributed by atoms with van der Waals surface area (Å²) in [5.41, 5.74) is 9.00. The fraction of sp³-hybridized carbons (Fsp3) is 0.500. The van der Waals surface area contributed by atoms with E-state index in [4.69, 9.17) is 5.73 Å². The van der Waals surface area contributed by atoms with E-state index in [2.05, 4.69) is 44.7 Å². The maximum Gasteiger partial charge on any atom is 0.344 e. The molecule has 2 fully saturated rings. The number of carbonyl (C=O) groups excluding carboxylic acids is 2. The van der Waals surface area contributed by atoms with Crippen LogP contribution in [0.25, 0.3) is 0 Å². The van der Waals surface area contributed by atoms with Gasteiger partial charge in [-0.3, -0.25) is 9.62 Å². The van der Waals surface area contributed by atoms with Crippen molar-refractivity contribution in [1.29, 1.82) is 0 Å². The van der Waals surface area contributed by atoms with Crippen molar-refractivity contribution in [2.45, 2.75) is 13.5 Å². The van der Waals surface area contributed by atoms with E-state index in [1.54, 1.807) is 9.80 Å². The monoisotopic (exact) mass is 504 g/mol. The largest absolute Gasteiger partial charge is 0.368 e. The fourth-order valence-corrected chi connectivity index (χ4v) is 4.92. The molecule has 4 rings (SSSR count). The number of carbonyl (C=O) groups is 2. The zero-order valence-corrected chi connectivity index (χ0v) is 20.9. The minimum absolute atomic E-state index is 0.114. The summed E-state index contributed by atoms with van der Waals surface area (Å²) in [6.07, 6.45) is 2.49. The molecule has 0 aliphatic carbocycles. The number of piperazine rings is 2. The molecular weight excluding hydrogens is 472 g/mol. The first-order chi connectivity index (χ1) is 16.6. The molecule has 0 bridgehead atoms. The van der Waals surface area contributed by atoms with Gasteiger partial charge in [-0.05, 0) is 24.1 Å². The molecule has 12 nitrogen and oxygen atoms in total. The highest BCUT2D eigenvalue weighted by Crippen LogP contribution is 2.25. The van der Waals surface area contributed by atoms with E-state index >= 15 is 0 Å². The Labute approximate surface area is 205 Å². The summed E-state index contributed by atoms with van der Waals surface area (Å²) in [5.74, 6) is 0.114. The Morgan fingerprint density at radius 3 is 2.29 bits per heavy atom.